The topological polar surface area (TPSA) is 143 Å². The molecule has 3 N–H and O–H groups in total. The van der Waals surface area contributed by atoms with Crippen LogP contribution in [-0.2, 0) is 30.4 Å². The maximum absolute atomic E-state index is 12.9. The molecule has 1 aromatic carbocycles. The number of likely N-dealkylation sites (tertiary alicyclic amines) is 1. The van der Waals surface area contributed by atoms with Crippen molar-refractivity contribution in [1.29, 1.82) is 0 Å². The molecule has 1 heterocycles. The largest absolute Gasteiger partial charge is 0.467 e. The van der Waals surface area contributed by atoms with E-state index in [0.717, 1.165) is 12.7 Å². The Hall–Kier alpha value is -3.34. The van der Waals surface area contributed by atoms with Gasteiger partial charge in [-0.2, -0.15) is 0 Å². The second-order valence-electron chi connectivity index (χ2n) is 8.55. The first-order chi connectivity index (χ1) is 15.5. The van der Waals surface area contributed by atoms with Crippen molar-refractivity contribution in [2.24, 2.45) is 0 Å². The fourth-order valence-corrected chi connectivity index (χ4v) is 3.26. The van der Waals surface area contributed by atoms with E-state index in [0.29, 0.717) is 0 Å². The van der Waals surface area contributed by atoms with Crippen LogP contribution in [0.1, 0.15) is 32.8 Å². The molecule has 2 rings (SSSR count). The van der Waals surface area contributed by atoms with Crippen molar-refractivity contribution in [2.45, 2.75) is 57.5 Å². The second-order valence-corrected chi connectivity index (χ2v) is 8.55. The lowest BCUT2D eigenvalue weighted by Crippen LogP contribution is -2.52. The molecule has 0 aromatic heterocycles. The van der Waals surface area contributed by atoms with Crippen molar-refractivity contribution in [3.63, 3.8) is 0 Å². The van der Waals surface area contributed by atoms with Crippen LogP contribution in [0, 0.1) is 0 Å². The summed E-state index contributed by atoms with van der Waals surface area (Å²) in [5.74, 6) is -1.52. The SMILES string of the molecule is COC(=O)C(CO)NC(=O)[C@@H]1C[C@H](NC(=O)OC(C)(C)C)CN1C(=O)OCc1ccccc1. The number of aliphatic hydroxyl groups is 1. The van der Waals surface area contributed by atoms with Gasteiger partial charge in [-0.1, -0.05) is 30.3 Å². The van der Waals surface area contributed by atoms with E-state index < -0.39 is 54.4 Å². The average molecular weight is 466 g/mol. The molecule has 3 atom stereocenters. The number of carbonyl (C=O) groups is 4. The number of amides is 3. The summed E-state index contributed by atoms with van der Waals surface area (Å²) in [7, 11) is 1.13. The zero-order chi connectivity index (χ0) is 24.6. The summed E-state index contributed by atoms with van der Waals surface area (Å²) in [6.45, 7) is 4.46. The van der Waals surface area contributed by atoms with Gasteiger partial charge < -0.3 is 30.0 Å². The summed E-state index contributed by atoms with van der Waals surface area (Å²) in [4.78, 5) is 50.7. The summed E-state index contributed by atoms with van der Waals surface area (Å²) in [6.07, 6.45) is -1.38. The molecule has 1 fully saturated rings. The minimum absolute atomic E-state index is 0.00387. The fraction of sp³-hybridized carbons (Fsp3) is 0.545. The van der Waals surface area contributed by atoms with E-state index in [-0.39, 0.29) is 19.6 Å². The van der Waals surface area contributed by atoms with E-state index in [1.807, 2.05) is 6.07 Å². The number of methoxy groups -OCH3 is 1. The van der Waals surface area contributed by atoms with E-state index in [1.165, 1.54) is 4.90 Å². The number of hydrogen-bond acceptors (Lipinski definition) is 8. The molecule has 1 aliphatic heterocycles. The van der Waals surface area contributed by atoms with Gasteiger partial charge in [0.2, 0.25) is 5.91 Å². The number of ether oxygens (including phenoxy) is 3. The summed E-state index contributed by atoms with van der Waals surface area (Å²) < 4.78 is 15.1. The molecule has 182 valence electrons. The van der Waals surface area contributed by atoms with E-state index in [1.54, 1.807) is 45.0 Å². The number of rotatable bonds is 7. The highest BCUT2D eigenvalue weighted by Gasteiger charge is 2.42. The van der Waals surface area contributed by atoms with Gasteiger partial charge in [-0.15, -0.1) is 0 Å². The van der Waals surface area contributed by atoms with Crippen molar-refractivity contribution in [3.05, 3.63) is 35.9 Å². The van der Waals surface area contributed by atoms with Gasteiger partial charge in [0.15, 0.2) is 6.04 Å². The number of benzene rings is 1. The Balaban J connectivity index is 2.11. The van der Waals surface area contributed by atoms with Crippen LogP contribution < -0.4 is 10.6 Å². The lowest BCUT2D eigenvalue weighted by atomic mass is 10.1. The van der Waals surface area contributed by atoms with E-state index in [4.69, 9.17) is 9.47 Å². The summed E-state index contributed by atoms with van der Waals surface area (Å²) in [5, 5.41) is 14.4. The summed E-state index contributed by atoms with van der Waals surface area (Å²) in [5.41, 5.74) is 0.0447. The van der Waals surface area contributed by atoms with Crippen molar-refractivity contribution in [2.75, 3.05) is 20.3 Å². The van der Waals surface area contributed by atoms with Crippen LogP contribution in [0.4, 0.5) is 9.59 Å². The fourth-order valence-electron chi connectivity index (χ4n) is 3.26. The number of esters is 1. The molecule has 33 heavy (non-hydrogen) atoms. The van der Waals surface area contributed by atoms with Gasteiger partial charge in [0.25, 0.3) is 0 Å². The van der Waals surface area contributed by atoms with Gasteiger partial charge in [0.05, 0.1) is 19.8 Å². The Morgan fingerprint density at radius 1 is 1.18 bits per heavy atom. The molecule has 0 radical (unpaired) electrons. The van der Waals surface area contributed by atoms with Crippen LogP contribution in [0.2, 0.25) is 0 Å². The molecule has 11 heteroatoms. The number of nitrogens with zero attached hydrogens (tertiary/aromatic N) is 1. The molecule has 1 saturated heterocycles. The zero-order valence-electron chi connectivity index (χ0n) is 19.2. The summed E-state index contributed by atoms with van der Waals surface area (Å²) in [6, 6.07) is 6.08. The molecule has 11 nitrogen and oxygen atoms in total. The van der Waals surface area contributed by atoms with Gasteiger partial charge >= 0.3 is 18.2 Å². The standard InChI is InChI=1S/C22H31N3O8/c1-22(2,3)33-20(29)23-15-10-17(18(27)24-16(12-26)19(28)31-4)25(11-15)21(30)32-13-14-8-6-5-7-9-14/h5-9,15-17,26H,10-13H2,1-4H3,(H,23,29)(H,24,27)/t15-,16?,17-/m0/s1. The molecule has 0 saturated carbocycles. The molecule has 1 aliphatic rings. The zero-order valence-corrected chi connectivity index (χ0v) is 19.2. The third kappa shape index (κ3) is 7.94. The number of aliphatic hydroxyl groups excluding tert-OH is 1. The average Bonchev–Trinajstić information content (AvgIpc) is 3.18. The van der Waals surface area contributed by atoms with E-state index in [9.17, 15) is 24.3 Å². The minimum atomic E-state index is -1.29. The molecule has 3 amide bonds. The number of alkyl carbamates (subject to hydrolysis) is 1. The highest BCUT2D eigenvalue weighted by atomic mass is 16.6. The maximum atomic E-state index is 12.9. The Kier molecular flexibility index (Phi) is 9.03. The van der Waals surface area contributed by atoms with Gasteiger partial charge in [0.1, 0.15) is 18.2 Å². The van der Waals surface area contributed by atoms with E-state index >= 15 is 0 Å². The Labute approximate surface area is 192 Å². The molecule has 0 spiro atoms. The van der Waals surface area contributed by atoms with Crippen molar-refractivity contribution < 1.29 is 38.5 Å². The molecular formula is C22H31N3O8. The third-order valence-corrected chi connectivity index (χ3v) is 4.75. The van der Waals surface area contributed by atoms with Crippen LogP contribution in [-0.4, -0.2) is 78.1 Å². The first kappa shape index (κ1) is 25.9. The highest BCUT2D eigenvalue weighted by molar-refractivity contribution is 5.90. The minimum Gasteiger partial charge on any atom is -0.467 e. The monoisotopic (exact) mass is 465 g/mol. The lowest BCUT2D eigenvalue weighted by molar-refractivity contribution is -0.146. The Morgan fingerprint density at radius 2 is 1.85 bits per heavy atom. The van der Waals surface area contributed by atoms with Crippen molar-refractivity contribution in [1.82, 2.24) is 15.5 Å². The smallest absolute Gasteiger partial charge is 0.410 e. The third-order valence-electron chi connectivity index (χ3n) is 4.75. The quantitative estimate of drug-likeness (QED) is 0.399. The summed E-state index contributed by atoms with van der Waals surface area (Å²) >= 11 is 0. The molecule has 1 unspecified atom stereocenters. The highest BCUT2D eigenvalue weighted by Crippen LogP contribution is 2.21. The predicted octanol–water partition coefficient (Wildman–Crippen LogP) is 0.941. The van der Waals surface area contributed by atoms with Crippen LogP contribution in [0.5, 0.6) is 0 Å². The molecule has 0 aliphatic carbocycles. The Morgan fingerprint density at radius 3 is 2.42 bits per heavy atom. The van der Waals surface area contributed by atoms with Gasteiger partial charge in [-0.25, -0.2) is 14.4 Å². The van der Waals surface area contributed by atoms with Gasteiger partial charge in [-0.3, -0.25) is 9.69 Å². The van der Waals surface area contributed by atoms with E-state index in [2.05, 4.69) is 15.4 Å². The van der Waals surface area contributed by atoms with Crippen molar-refractivity contribution >= 4 is 24.1 Å². The molecule has 1 aromatic rings. The molecule has 0 bridgehead atoms. The van der Waals surface area contributed by atoms with Crippen molar-refractivity contribution in [3.8, 4) is 0 Å². The Bertz CT molecular complexity index is 840. The second kappa shape index (κ2) is 11.5. The number of hydrogen-bond donors (Lipinski definition) is 3. The lowest BCUT2D eigenvalue weighted by Gasteiger charge is -2.24. The van der Waals surface area contributed by atoms with Crippen LogP contribution >= 0.6 is 0 Å². The van der Waals surface area contributed by atoms with Gasteiger partial charge in [-0.05, 0) is 32.8 Å². The number of carbonyl (C=O) groups excluding carboxylic acids is 4. The van der Waals surface area contributed by atoms with Crippen LogP contribution in [0.3, 0.4) is 0 Å². The first-order valence-electron chi connectivity index (χ1n) is 10.5. The van der Waals surface area contributed by atoms with Crippen LogP contribution in [0.25, 0.3) is 0 Å². The maximum Gasteiger partial charge on any atom is 0.410 e. The normalized spacial score (nSPS) is 18.8. The number of nitrogens with one attached hydrogen (secondary N) is 2. The first-order valence-corrected chi connectivity index (χ1v) is 10.5. The van der Waals surface area contributed by atoms with Gasteiger partial charge in [0, 0.05) is 6.54 Å². The van der Waals surface area contributed by atoms with Crippen LogP contribution in [0.15, 0.2) is 30.3 Å². The predicted molar refractivity (Wildman–Crippen MR) is 116 cm³/mol. The molecular weight excluding hydrogens is 434 g/mol.